The molecule has 105 heavy (non-hydrogen) atoms. The second kappa shape index (κ2) is 52.7. The van der Waals surface area contributed by atoms with Crippen LogP contribution in [0.4, 0.5) is 22.0 Å². The topological polar surface area (TPSA) is 55.8 Å². The van der Waals surface area contributed by atoms with Gasteiger partial charge in [-0.2, -0.15) is 13.2 Å². The van der Waals surface area contributed by atoms with Gasteiger partial charge in [0.15, 0.2) is 0 Å². The molecule has 0 saturated heterocycles. The first-order valence-corrected chi connectivity index (χ1v) is 35.1. The van der Waals surface area contributed by atoms with Crippen molar-refractivity contribution in [1.82, 2.24) is 0 Å². The fourth-order valence-electron chi connectivity index (χ4n) is 7.98. The van der Waals surface area contributed by atoms with Crippen LogP contribution in [0.25, 0.3) is 0 Å². The van der Waals surface area contributed by atoms with E-state index in [1.165, 1.54) is 74.3 Å². The maximum atomic E-state index is 12.3. The summed E-state index contributed by atoms with van der Waals surface area (Å²) in [5.41, 5.74) is 16.9. The number of methoxy groups -OCH3 is 2. The van der Waals surface area contributed by atoms with Gasteiger partial charge < -0.3 is 14.6 Å². The third kappa shape index (κ3) is 45.6. The molecule has 12 aromatic carbocycles. The van der Waals surface area contributed by atoms with Gasteiger partial charge in [-0.25, -0.2) is 13.6 Å². The number of rotatable bonds is 3. The highest BCUT2D eigenvalue weighted by Crippen LogP contribution is 2.29. The SMILES string of the molecule is COc1ccc(C)cc1.COc1cccc(C)c1.Cc1ccc(C(=O)O)cc1.Cc1ccc(C)c(Cl)c1.Cc1ccc(Cl)cc1C.Cc1ccc(F)cc1.Cc1cccc(C(F)(F)F)c1.Cc1cccc(C)c1.Cc1cccc(Cl)c1.Cc1cccc(Cl)c1Cl.Cc1ccccc1.Cc1ccccc1F. The molecule has 12 rings (SSSR count). The summed E-state index contributed by atoms with van der Waals surface area (Å²) < 4.78 is 70.3. The predicted molar refractivity (Wildman–Crippen MR) is 438 cm³/mol. The number of halogens is 10. The van der Waals surface area contributed by atoms with Crippen LogP contribution in [0.3, 0.4) is 0 Å². The number of hydrogen-bond acceptors (Lipinski definition) is 3. The van der Waals surface area contributed by atoms with Crippen molar-refractivity contribution in [3.8, 4) is 11.5 Å². The Kier molecular flexibility index (Phi) is 47.1. The minimum Gasteiger partial charge on any atom is -0.497 e. The Morgan fingerprint density at radius 2 is 0.714 bits per heavy atom. The summed E-state index contributed by atoms with van der Waals surface area (Å²) in [5, 5.41) is 12.2. The summed E-state index contributed by atoms with van der Waals surface area (Å²) >= 11 is 28.6. The van der Waals surface area contributed by atoms with Gasteiger partial charge in [-0.3, -0.25) is 0 Å². The number of carboxylic acid groups (broad SMARTS) is 1. The molecule has 0 heterocycles. The van der Waals surface area contributed by atoms with Gasteiger partial charge in [0.1, 0.15) is 23.1 Å². The molecule has 0 saturated carbocycles. The molecule has 556 valence electrons. The molecule has 0 atom stereocenters. The van der Waals surface area contributed by atoms with E-state index in [2.05, 4.69) is 84.0 Å². The minimum atomic E-state index is -4.22. The molecule has 0 aliphatic heterocycles. The second-order valence-corrected chi connectivity index (χ2v) is 26.2. The fraction of sp³-hybridized carbons (Fsp3) is 0.198. The van der Waals surface area contributed by atoms with Crippen LogP contribution in [0.15, 0.2) is 279 Å². The lowest BCUT2D eigenvalue weighted by atomic mass is 10.1. The highest BCUT2D eigenvalue weighted by Gasteiger charge is 2.30. The molecule has 0 spiro atoms. The largest absolute Gasteiger partial charge is 0.497 e. The fourth-order valence-corrected chi connectivity index (χ4v) is 9.03. The van der Waals surface area contributed by atoms with E-state index in [-0.39, 0.29) is 11.6 Å². The Morgan fingerprint density at radius 3 is 1.06 bits per heavy atom. The molecule has 0 unspecified atom stereocenters. The first-order chi connectivity index (χ1) is 49.5. The zero-order valence-corrected chi connectivity index (χ0v) is 66.8. The van der Waals surface area contributed by atoms with Crippen molar-refractivity contribution in [1.29, 1.82) is 0 Å². The van der Waals surface area contributed by atoms with Gasteiger partial charge in [0.25, 0.3) is 0 Å². The van der Waals surface area contributed by atoms with Crippen LogP contribution in [-0.4, -0.2) is 25.3 Å². The lowest BCUT2D eigenvalue weighted by Crippen LogP contribution is -2.04. The molecule has 1 N–H and O–H groups in total. The van der Waals surface area contributed by atoms with Crippen molar-refractivity contribution in [2.45, 2.75) is 110 Å². The van der Waals surface area contributed by atoms with Gasteiger partial charge in [0, 0.05) is 15.1 Å². The summed E-state index contributed by atoms with van der Waals surface area (Å²) in [6.07, 6.45) is -4.22. The summed E-state index contributed by atoms with van der Waals surface area (Å²) in [4.78, 5) is 10.3. The van der Waals surface area contributed by atoms with E-state index in [1.807, 2.05) is 188 Å². The first kappa shape index (κ1) is 93.8. The number of carbonyl (C=O) groups is 1. The molecule has 12 aromatic rings. The van der Waals surface area contributed by atoms with Crippen molar-refractivity contribution in [2.24, 2.45) is 0 Å². The number of aromatic carboxylic acids is 1. The minimum absolute atomic E-state index is 0.132. The Balaban J connectivity index is 0.000000573. The summed E-state index contributed by atoms with van der Waals surface area (Å²) in [5.74, 6) is 0.665. The van der Waals surface area contributed by atoms with E-state index >= 15 is 0 Å². The molecule has 14 heteroatoms. The molecular formula is C91H98Cl5F5O4. The lowest BCUT2D eigenvalue weighted by molar-refractivity contribution is -0.137. The molecule has 0 aromatic heterocycles. The monoisotopic (exact) mass is 1520 g/mol. The Labute approximate surface area is 647 Å². The van der Waals surface area contributed by atoms with Crippen molar-refractivity contribution in [2.75, 3.05) is 14.2 Å². The number of aryl methyl sites for hydroxylation is 15. The smallest absolute Gasteiger partial charge is 0.416 e. The van der Waals surface area contributed by atoms with Crippen LogP contribution in [-0.2, 0) is 6.18 Å². The molecule has 4 nitrogen and oxygen atoms in total. The van der Waals surface area contributed by atoms with Gasteiger partial charge in [-0.05, 0) is 245 Å². The van der Waals surface area contributed by atoms with Gasteiger partial charge >= 0.3 is 12.1 Å². The number of hydrogen-bond donors (Lipinski definition) is 1. The van der Waals surface area contributed by atoms with Gasteiger partial charge in [0.2, 0.25) is 0 Å². The predicted octanol–water partition coefficient (Wildman–Crippen LogP) is 29.1. The molecule has 0 aliphatic carbocycles. The second-order valence-electron chi connectivity index (χ2n) is 24.1. The van der Waals surface area contributed by atoms with Crippen LogP contribution in [0, 0.1) is 115 Å². The van der Waals surface area contributed by atoms with Crippen molar-refractivity contribution in [3.63, 3.8) is 0 Å². The summed E-state index contributed by atoms with van der Waals surface area (Å²) in [6, 6.07) is 85.0. The van der Waals surface area contributed by atoms with E-state index in [0.717, 1.165) is 61.0 Å². The number of carboxylic acids is 1. The van der Waals surface area contributed by atoms with Crippen LogP contribution >= 0.6 is 58.0 Å². The third-order valence-corrected chi connectivity index (χ3v) is 16.0. The van der Waals surface area contributed by atoms with Crippen LogP contribution < -0.4 is 9.47 Å². The number of benzene rings is 12. The van der Waals surface area contributed by atoms with Crippen LogP contribution in [0.5, 0.6) is 11.5 Å². The Morgan fingerprint density at radius 1 is 0.314 bits per heavy atom. The molecule has 0 radical (unpaired) electrons. The Bertz CT molecular complexity index is 4190. The number of alkyl halides is 3. The maximum Gasteiger partial charge on any atom is 0.416 e. The van der Waals surface area contributed by atoms with E-state index in [1.54, 1.807) is 88.7 Å². The zero-order chi connectivity index (χ0) is 79.0. The van der Waals surface area contributed by atoms with Crippen LogP contribution in [0.1, 0.15) is 99.4 Å². The first-order valence-electron chi connectivity index (χ1n) is 33.2. The lowest BCUT2D eigenvalue weighted by Gasteiger charge is -2.05. The van der Waals surface area contributed by atoms with E-state index < -0.39 is 17.7 Å². The van der Waals surface area contributed by atoms with Crippen molar-refractivity contribution < 1.29 is 41.3 Å². The molecule has 0 amide bonds. The van der Waals surface area contributed by atoms with Gasteiger partial charge in [-0.15, -0.1) is 0 Å². The summed E-state index contributed by atoms with van der Waals surface area (Å²) in [7, 11) is 3.35. The normalized spacial score (nSPS) is 9.55. The molecule has 0 aliphatic rings. The molecule has 0 fully saturated rings. The van der Waals surface area contributed by atoms with Crippen LogP contribution in [0.2, 0.25) is 25.1 Å². The maximum absolute atomic E-state index is 12.3. The molecule has 0 bridgehead atoms. The van der Waals surface area contributed by atoms with Gasteiger partial charge in [0.05, 0.1) is 35.4 Å². The zero-order valence-electron chi connectivity index (χ0n) is 63.0. The van der Waals surface area contributed by atoms with E-state index in [4.69, 9.17) is 72.6 Å². The van der Waals surface area contributed by atoms with E-state index in [0.29, 0.717) is 26.7 Å². The highest BCUT2D eigenvalue weighted by atomic mass is 35.5. The molecular weight excluding hydrogens is 1430 g/mol. The quantitative estimate of drug-likeness (QED) is 0.179. The summed E-state index contributed by atoms with van der Waals surface area (Å²) in [6.45, 7) is 29.7. The Hall–Kier alpha value is -9.19. The van der Waals surface area contributed by atoms with Crippen molar-refractivity contribution >= 4 is 64.0 Å². The van der Waals surface area contributed by atoms with Gasteiger partial charge in [-0.1, -0.05) is 279 Å². The highest BCUT2D eigenvalue weighted by molar-refractivity contribution is 6.42. The number of ether oxygens (including phenoxy) is 2. The average molecular weight is 1530 g/mol. The average Bonchev–Trinajstić information content (AvgIpc) is 0.867. The van der Waals surface area contributed by atoms with Crippen molar-refractivity contribution in [3.05, 3.63) is 410 Å². The standard InChI is InChI=1S/2C8H9Cl.C8H7F3.C8H8O2.2C8H10O.C8H10.C7H6Cl2.C7H7Cl.2C7H7F.C7H8/c1-6-3-4-8(9)5-7(6)2;1-6-3-4-7(2)8(9)5-6;1-6-3-2-4-7(5-6)8(9,10)11;1-6-2-4-7(5-3-6)8(9)10;1-7-3-5-8(9-2)6-4-7;1-7-4-3-5-8(6-7)9-2;1-7-4-3-5-8(2)6-7;1-5-3-2-4-6(8)7(5)9;1-6-3-2-4-7(8)5-6;1-6-2-4-7(8)5-3-6;1-6-4-2-3-5-7(6)8;1-7-5-3-2-4-6-7/h2*3-5H,1-2H3;2-5H,1H3;2-5H,1H3,(H,9,10);2*3-6H,1-2H3;3-6H,1-2H3;2-4H,1H3;3*2-5H,1H3;2-6H,1H3. The third-order valence-electron chi connectivity index (χ3n) is 14.2. The van der Waals surface area contributed by atoms with E-state index in [9.17, 15) is 26.7 Å².